The SMILES string of the molecule is CSCC[C@@H]1NC(=O)[C@H]([C@@H](C)O)NC(=O)[C@H](CCCCN)NC(=O)[C@@H](Cc2c[nH]c3ccccc23)NC(=O)[C@H](Cc2ccc(-c3ccccc3)cc2)NC(=O)[C@H](Cc2ccccc2)N(C)C1=O. The van der Waals surface area contributed by atoms with Crippen LogP contribution >= 0.6 is 11.8 Å². The Morgan fingerprint density at radius 2 is 1.18 bits per heavy atom. The molecule has 0 unspecified atom stereocenters. The monoisotopic (exact) mass is 930 g/mol. The van der Waals surface area contributed by atoms with Crippen LogP contribution in [0.1, 0.15) is 49.3 Å². The second-order valence-corrected chi connectivity index (χ2v) is 18.0. The quantitative estimate of drug-likeness (QED) is 0.0720. The lowest BCUT2D eigenvalue weighted by atomic mass is 9.98. The van der Waals surface area contributed by atoms with Crippen LogP contribution in [0.4, 0.5) is 0 Å². The smallest absolute Gasteiger partial charge is 0.245 e. The van der Waals surface area contributed by atoms with Crippen LogP contribution in [0.5, 0.6) is 0 Å². The van der Waals surface area contributed by atoms with Gasteiger partial charge in [0.1, 0.15) is 36.3 Å². The number of hydrogen-bond donors (Lipinski definition) is 8. The molecule has 1 saturated heterocycles. The van der Waals surface area contributed by atoms with Gasteiger partial charge in [-0.15, -0.1) is 0 Å². The number of aliphatic hydroxyl groups is 1. The van der Waals surface area contributed by atoms with E-state index < -0.39 is 77.8 Å². The second kappa shape index (κ2) is 24.3. The Bertz CT molecular complexity index is 2450. The molecule has 6 amide bonds. The third kappa shape index (κ3) is 13.6. The van der Waals surface area contributed by atoms with Gasteiger partial charge in [-0.05, 0) is 85.0 Å². The van der Waals surface area contributed by atoms with Crippen LogP contribution in [0.25, 0.3) is 22.0 Å². The van der Waals surface area contributed by atoms with E-state index in [0.717, 1.165) is 27.6 Å². The maximum atomic E-state index is 14.9. The first-order chi connectivity index (χ1) is 32.4. The van der Waals surface area contributed by atoms with Crippen molar-refractivity contribution in [3.8, 4) is 11.1 Å². The highest BCUT2D eigenvalue weighted by molar-refractivity contribution is 7.98. The molecule has 7 atom stereocenters. The molecule has 354 valence electrons. The standard InChI is InChI=1S/C51H62N8O7S/c1-32(60)45-50(65)55-41(25-27-67-3)51(66)59(2)44(29-33-14-6-4-7-15-33)49(64)57-42(28-34-21-23-36(24-22-34)35-16-8-5-9-17-35)47(62)56-43(30-37-31-53-39-19-11-10-18-38(37)39)48(63)54-40(46(61)58-45)20-12-13-26-52/h4-11,14-19,21-24,31-32,40-45,53,60H,12-13,20,25-30,52H2,1-3H3,(H,54,63)(H,55,65)(H,56,62)(H,57,64)(H,58,61)/t32-,40+,41+,42+,43-,44+,45+/m1/s1. The third-order valence-corrected chi connectivity index (χ3v) is 12.8. The number of carbonyl (C=O) groups excluding carboxylic acids is 6. The molecule has 0 radical (unpaired) electrons. The van der Waals surface area contributed by atoms with Crippen molar-refractivity contribution in [3.63, 3.8) is 0 Å². The van der Waals surface area contributed by atoms with Crippen molar-refractivity contribution in [2.45, 2.75) is 94.2 Å². The second-order valence-electron chi connectivity index (χ2n) is 17.0. The Labute approximate surface area is 395 Å². The van der Waals surface area contributed by atoms with Gasteiger partial charge in [0.05, 0.1) is 6.10 Å². The lowest BCUT2D eigenvalue weighted by Crippen LogP contribution is -2.63. The zero-order chi connectivity index (χ0) is 47.9. The highest BCUT2D eigenvalue weighted by Crippen LogP contribution is 2.22. The van der Waals surface area contributed by atoms with Gasteiger partial charge < -0.3 is 47.3 Å². The van der Waals surface area contributed by atoms with E-state index in [-0.39, 0.29) is 32.1 Å². The molecule has 67 heavy (non-hydrogen) atoms. The first-order valence-electron chi connectivity index (χ1n) is 22.8. The van der Waals surface area contributed by atoms with Crippen LogP contribution in [0.3, 0.4) is 0 Å². The molecule has 0 saturated carbocycles. The summed E-state index contributed by atoms with van der Waals surface area (Å²) in [4.78, 5) is 91.9. The van der Waals surface area contributed by atoms with Gasteiger partial charge in [0, 0.05) is 43.4 Å². The van der Waals surface area contributed by atoms with Crippen molar-refractivity contribution >= 4 is 58.1 Å². The van der Waals surface area contributed by atoms with E-state index in [0.29, 0.717) is 36.3 Å². The van der Waals surface area contributed by atoms with Gasteiger partial charge in [-0.3, -0.25) is 28.8 Å². The first kappa shape index (κ1) is 49.9. The van der Waals surface area contributed by atoms with Gasteiger partial charge >= 0.3 is 0 Å². The summed E-state index contributed by atoms with van der Waals surface area (Å²) in [6, 6.07) is 26.5. The van der Waals surface area contributed by atoms with E-state index >= 15 is 0 Å². The first-order valence-corrected chi connectivity index (χ1v) is 24.1. The number of amides is 6. The van der Waals surface area contributed by atoms with Gasteiger partial charge in [-0.2, -0.15) is 11.8 Å². The Balaban J connectivity index is 1.44. The molecule has 1 aliphatic heterocycles. The zero-order valence-corrected chi connectivity index (χ0v) is 39.0. The summed E-state index contributed by atoms with van der Waals surface area (Å²) in [5.41, 5.74) is 10.7. The molecule has 1 fully saturated rings. The lowest BCUT2D eigenvalue weighted by molar-refractivity contribution is -0.143. The van der Waals surface area contributed by atoms with E-state index in [9.17, 15) is 33.9 Å². The number of aliphatic hydroxyl groups excluding tert-OH is 1. The van der Waals surface area contributed by atoms with Crippen molar-refractivity contribution in [1.82, 2.24) is 36.5 Å². The third-order valence-electron chi connectivity index (χ3n) is 12.1. The largest absolute Gasteiger partial charge is 0.391 e. The summed E-state index contributed by atoms with van der Waals surface area (Å²) in [7, 11) is 1.48. The minimum absolute atomic E-state index is 0.00479. The number of nitrogens with two attached hydrogens (primary N) is 1. The number of H-pyrrole nitrogens is 1. The minimum atomic E-state index is -1.53. The Hall–Kier alpha value is -6.49. The Kier molecular flexibility index (Phi) is 18.1. The molecule has 2 heterocycles. The lowest BCUT2D eigenvalue weighted by Gasteiger charge is -2.33. The van der Waals surface area contributed by atoms with Crippen LogP contribution in [0, 0.1) is 0 Å². The van der Waals surface area contributed by atoms with E-state index in [1.165, 1.54) is 30.6 Å². The molecule has 1 aromatic heterocycles. The predicted octanol–water partition coefficient (Wildman–Crippen LogP) is 3.39. The fourth-order valence-electron chi connectivity index (χ4n) is 8.27. The summed E-state index contributed by atoms with van der Waals surface area (Å²) in [6.07, 6.45) is 3.51. The Morgan fingerprint density at radius 3 is 1.85 bits per heavy atom. The number of hydrogen-bond acceptors (Lipinski definition) is 9. The maximum absolute atomic E-state index is 14.9. The van der Waals surface area contributed by atoms with E-state index in [4.69, 9.17) is 5.73 Å². The predicted molar refractivity (Wildman–Crippen MR) is 262 cm³/mol. The van der Waals surface area contributed by atoms with Crippen LogP contribution < -0.4 is 32.3 Å². The highest BCUT2D eigenvalue weighted by Gasteiger charge is 2.38. The van der Waals surface area contributed by atoms with Crippen molar-refractivity contribution in [1.29, 1.82) is 0 Å². The zero-order valence-electron chi connectivity index (χ0n) is 38.2. The Morgan fingerprint density at radius 1 is 0.612 bits per heavy atom. The van der Waals surface area contributed by atoms with E-state index in [1.54, 1.807) is 6.20 Å². The summed E-state index contributed by atoms with van der Waals surface area (Å²) in [5, 5.41) is 25.8. The molecule has 0 aliphatic carbocycles. The number of likely N-dealkylation sites (N-methyl/N-ethyl adjacent to an activating group) is 1. The molecule has 15 nitrogen and oxygen atoms in total. The minimum Gasteiger partial charge on any atom is -0.391 e. The molecular formula is C51H62N8O7S. The molecule has 0 spiro atoms. The van der Waals surface area contributed by atoms with Crippen LogP contribution in [-0.4, -0.2) is 118 Å². The number of para-hydroxylation sites is 1. The molecule has 9 N–H and O–H groups in total. The topological polar surface area (TPSA) is 228 Å². The molecule has 16 heteroatoms. The van der Waals surface area contributed by atoms with Crippen molar-refractivity contribution in [2.24, 2.45) is 5.73 Å². The molecule has 1 aliphatic rings. The summed E-state index contributed by atoms with van der Waals surface area (Å²) < 4.78 is 0. The average Bonchev–Trinajstić information content (AvgIpc) is 3.75. The molecular weight excluding hydrogens is 869 g/mol. The normalized spacial score (nSPS) is 21.9. The van der Waals surface area contributed by atoms with Crippen molar-refractivity contribution < 1.29 is 33.9 Å². The number of fused-ring (bicyclic) bond motifs is 1. The molecule has 5 aromatic rings. The highest BCUT2D eigenvalue weighted by atomic mass is 32.2. The van der Waals surface area contributed by atoms with Crippen LogP contribution in [0.2, 0.25) is 0 Å². The number of aromatic amines is 1. The molecule has 0 bridgehead atoms. The van der Waals surface area contributed by atoms with Gasteiger partial charge in [0.2, 0.25) is 35.4 Å². The number of rotatable bonds is 15. The maximum Gasteiger partial charge on any atom is 0.245 e. The van der Waals surface area contributed by atoms with E-state index in [2.05, 4.69) is 31.6 Å². The molecule has 4 aromatic carbocycles. The van der Waals surface area contributed by atoms with Crippen LogP contribution in [0.15, 0.2) is 115 Å². The fourth-order valence-corrected chi connectivity index (χ4v) is 8.74. The van der Waals surface area contributed by atoms with Crippen molar-refractivity contribution in [3.05, 3.63) is 132 Å². The summed E-state index contributed by atoms with van der Waals surface area (Å²) in [5.74, 6) is -3.70. The number of thioether (sulfide) groups is 1. The number of nitrogens with one attached hydrogen (secondary N) is 6. The van der Waals surface area contributed by atoms with Gasteiger partial charge in [-0.25, -0.2) is 0 Å². The average molecular weight is 931 g/mol. The summed E-state index contributed by atoms with van der Waals surface area (Å²) >= 11 is 1.45. The number of aromatic nitrogens is 1. The number of unbranched alkanes of at least 4 members (excludes halogenated alkanes) is 1. The van der Waals surface area contributed by atoms with Crippen LogP contribution in [-0.2, 0) is 48.0 Å². The fraction of sp³-hybridized carbons (Fsp3) is 0.373. The summed E-state index contributed by atoms with van der Waals surface area (Å²) in [6.45, 7) is 1.67. The van der Waals surface area contributed by atoms with Crippen molar-refractivity contribution in [2.75, 3.05) is 25.6 Å². The number of nitrogens with zero attached hydrogens (tertiary/aromatic N) is 1. The molecule has 6 rings (SSSR count). The van der Waals surface area contributed by atoms with Gasteiger partial charge in [0.25, 0.3) is 0 Å². The number of carbonyl (C=O) groups is 6. The van der Waals surface area contributed by atoms with E-state index in [1.807, 2.05) is 115 Å². The van der Waals surface area contributed by atoms with Gasteiger partial charge in [-0.1, -0.05) is 103 Å². The number of benzene rings is 4. The van der Waals surface area contributed by atoms with Gasteiger partial charge in [0.15, 0.2) is 0 Å².